The normalized spacial score (nSPS) is 10.8. The van der Waals surface area contributed by atoms with Crippen LogP contribution in [0.15, 0.2) is 24.8 Å². The molecule has 1 N–H and O–H groups in total. The molecule has 1 aromatic rings. The number of allylic oxidation sites excluding steroid dienone is 1. The molecule has 6 heteroatoms. The number of ether oxygens (including phenoxy) is 3. The molecular formula is C17H22O6. The van der Waals surface area contributed by atoms with Gasteiger partial charge in [-0.3, -0.25) is 9.59 Å². The summed E-state index contributed by atoms with van der Waals surface area (Å²) in [7, 11) is 3.82. The molecule has 0 saturated carbocycles. The van der Waals surface area contributed by atoms with E-state index in [0.29, 0.717) is 11.3 Å². The molecule has 0 saturated heterocycles. The second kappa shape index (κ2) is 7.67. The molecule has 0 bridgehead atoms. The van der Waals surface area contributed by atoms with Gasteiger partial charge in [-0.15, -0.1) is 6.58 Å². The SMILES string of the molecule is C=CCC(Cc1ccc(C)c(OC)c1O)(C(=O)OC)C(=O)OC. The van der Waals surface area contributed by atoms with Crippen LogP contribution < -0.4 is 4.74 Å². The first kappa shape index (κ1) is 18.5. The predicted molar refractivity (Wildman–Crippen MR) is 84.4 cm³/mol. The van der Waals surface area contributed by atoms with Crippen LogP contribution in [-0.2, 0) is 25.5 Å². The first-order valence-corrected chi connectivity index (χ1v) is 7.01. The highest BCUT2D eigenvalue weighted by atomic mass is 16.5. The summed E-state index contributed by atoms with van der Waals surface area (Å²) in [4.78, 5) is 24.6. The van der Waals surface area contributed by atoms with Gasteiger partial charge in [0.05, 0.1) is 21.3 Å². The molecule has 0 aromatic heterocycles. The van der Waals surface area contributed by atoms with Gasteiger partial charge in [-0.1, -0.05) is 18.2 Å². The molecule has 0 radical (unpaired) electrons. The van der Waals surface area contributed by atoms with Gasteiger partial charge < -0.3 is 19.3 Å². The lowest BCUT2D eigenvalue weighted by Crippen LogP contribution is -2.42. The van der Waals surface area contributed by atoms with Gasteiger partial charge in [-0.05, 0) is 24.5 Å². The molecule has 6 nitrogen and oxygen atoms in total. The Bertz CT molecular complexity index is 589. The molecule has 0 aliphatic carbocycles. The quantitative estimate of drug-likeness (QED) is 0.470. The Balaban J connectivity index is 3.44. The van der Waals surface area contributed by atoms with Crippen molar-refractivity contribution in [2.45, 2.75) is 19.8 Å². The Morgan fingerprint density at radius 2 is 1.78 bits per heavy atom. The summed E-state index contributed by atoms with van der Waals surface area (Å²) in [6, 6.07) is 3.37. The third kappa shape index (κ3) is 3.47. The molecule has 0 fully saturated rings. The van der Waals surface area contributed by atoms with Gasteiger partial charge in [0.2, 0.25) is 0 Å². The minimum Gasteiger partial charge on any atom is -0.504 e. The van der Waals surface area contributed by atoms with E-state index in [-0.39, 0.29) is 18.6 Å². The maximum Gasteiger partial charge on any atom is 0.323 e. The van der Waals surface area contributed by atoms with Crippen LogP contribution in [0.25, 0.3) is 0 Å². The maximum absolute atomic E-state index is 12.3. The number of hydrogen-bond donors (Lipinski definition) is 1. The number of carbonyl (C=O) groups is 2. The molecule has 1 rings (SSSR count). The van der Waals surface area contributed by atoms with Gasteiger partial charge in [-0.25, -0.2) is 0 Å². The third-order valence-electron chi connectivity index (χ3n) is 3.75. The number of phenolic OH excluding ortho intramolecular Hbond substituents is 1. The first-order chi connectivity index (χ1) is 10.9. The zero-order valence-corrected chi connectivity index (χ0v) is 13.8. The fourth-order valence-corrected chi connectivity index (χ4v) is 2.54. The smallest absolute Gasteiger partial charge is 0.323 e. The lowest BCUT2D eigenvalue weighted by molar-refractivity contribution is -0.168. The zero-order valence-electron chi connectivity index (χ0n) is 13.8. The number of carbonyl (C=O) groups excluding carboxylic acids is 2. The molecule has 0 heterocycles. The van der Waals surface area contributed by atoms with Crippen LogP contribution in [0.3, 0.4) is 0 Å². The summed E-state index contributed by atoms with van der Waals surface area (Å²) in [6.45, 7) is 5.37. The molecule has 0 aliphatic heterocycles. The standard InChI is InChI=1S/C17H22O6/c1-6-9-17(15(19)22-4,16(20)23-5)10-12-8-7-11(2)14(21-3)13(12)18/h6-8,18H,1,9-10H2,2-5H3. The number of aromatic hydroxyl groups is 1. The van der Waals surface area contributed by atoms with Crippen molar-refractivity contribution in [1.29, 1.82) is 0 Å². The molecule has 0 aliphatic rings. The lowest BCUT2D eigenvalue weighted by Gasteiger charge is -2.27. The average Bonchev–Trinajstić information content (AvgIpc) is 2.55. The largest absolute Gasteiger partial charge is 0.504 e. The van der Waals surface area contributed by atoms with Crippen molar-refractivity contribution >= 4 is 11.9 Å². The summed E-state index contributed by atoms with van der Waals surface area (Å²) in [5.41, 5.74) is -0.493. The minimum atomic E-state index is -1.61. The van der Waals surface area contributed by atoms with Gasteiger partial charge in [-0.2, -0.15) is 0 Å². The summed E-state index contributed by atoms with van der Waals surface area (Å²) in [5.74, 6) is -1.31. The van der Waals surface area contributed by atoms with Crippen molar-refractivity contribution in [2.75, 3.05) is 21.3 Å². The van der Waals surface area contributed by atoms with Crippen molar-refractivity contribution < 1.29 is 28.9 Å². The Labute approximate surface area is 135 Å². The molecule has 126 valence electrons. The van der Waals surface area contributed by atoms with Crippen molar-refractivity contribution in [3.8, 4) is 11.5 Å². The van der Waals surface area contributed by atoms with E-state index in [2.05, 4.69) is 6.58 Å². The number of hydrogen-bond acceptors (Lipinski definition) is 6. The molecule has 0 amide bonds. The molecule has 23 heavy (non-hydrogen) atoms. The Morgan fingerprint density at radius 1 is 1.22 bits per heavy atom. The number of methoxy groups -OCH3 is 3. The van der Waals surface area contributed by atoms with Crippen LogP contribution in [0.4, 0.5) is 0 Å². The number of esters is 2. The van der Waals surface area contributed by atoms with Crippen LogP contribution in [0.2, 0.25) is 0 Å². The minimum absolute atomic E-state index is 0.0159. The summed E-state index contributed by atoms with van der Waals surface area (Å²) < 4.78 is 14.7. The lowest BCUT2D eigenvalue weighted by atomic mass is 9.78. The Kier molecular flexibility index (Phi) is 6.18. The van der Waals surface area contributed by atoms with Crippen LogP contribution in [0.5, 0.6) is 11.5 Å². The predicted octanol–water partition coefficient (Wildman–Crippen LogP) is 2.16. The molecule has 0 unspecified atom stereocenters. The summed E-state index contributed by atoms with van der Waals surface area (Å²) >= 11 is 0. The third-order valence-corrected chi connectivity index (χ3v) is 3.75. The van der Waals surface area contributed by atoms with E-state index >= 15 is 0 Å². The van der Waals surface area contributed by atoms with Crippen LogP contribution in [0.1, 0.15) is 17.5 Å². The van der Waals surface area contributed by atoms with Crippen LogP contribution in [-0.4, -0.2) is 38.4 Å². The second-order valence-electron chi connectivity index (χ2n) is 5.16. The fraction of sp³-hybridized carbons (Fsp3) is 0.412. The van der Waals surface area contributed by atoms with E-state index in [1.54, 1.807) is 19.1 Å². The highest BCUT2D eigenvalue weighted by Crippen LogP contribution is 2.39. The number of benzene rings is 1. The second-order valence-corrected chi connectivity index (χ2v) is 5.16. The van der Waals surface area contributed by atoms with Gasteiger partial charge in [0.1, 0.15) is 0 Å². The van der Waals surface area contributed by atoms with Crippen LogP contribution in [0, 0.1) is 12.3 Å². The topological polar surface area (TPSA) is 82.1 Å². The molecular weight excluding hydrogens is 300 g/mol. The van der Waals surface area contributed by atoms with E-state index in [0.717, 1.165) is 5.56 Å². The summed E-state index contributed by atoms with van der Waals surface area (Å²) in [6.07, 6.45) is 1.36. The monoisotopic (exact) mass is 322 g/mol. The molecule has 0 spiro atoms. The van der Waals surface area contributed by atoms with Gasteiger partial charge in [0.15, 0.2) is 16.9 Å². The highest BCUT2D eigenvalue weighted by Gasteiger charge is 2.48. The molecule has 0 atom stereocenters. The van der Waals surface area contributed by atoms with Gasteiger partial charge in [0.25, 0.3) is 0 Å². The van der Waals surface area contributed by atoms with Crippen molar-refractivity contribution in [3.05, 3.63) is 35.9 Å². The summed E-state index contributed by atoms with van der Waals surface area (Å²) in [5, 5.41) is 10.4. The van der Waals surface area contributed by atoms with E-state index in [1.165, 1.54) is 27.4 Å². The molecule has 1 aromatic carbocycles. The van der Waals surface area contributed by atoms with E-state index in [1.807, 2.05) is 0 Å². The first-order valence-electron chi connectivity index (χ1n) is 7.01. The van der Waals surface area contributed by atoms with Crippen molar-refractivity contribution in [3.63, 3.8) is 0 Å². The highest BCUT2D eigenvalue weighted by molar-refractivity contribution is 6.00. The van der Waals surface area contributed by atoms with E-state index in [9.17, 15) is 14.7 Å². The van der Waals surface area contributed by atoms with Crippen LogP contribution >= 0.6 is 0 Å². The van der Waals surface area contributed by atoms with E-state index in [4.69, 9.17) is 14.2 Å². The Morgan fingerprint density at radius 3 is 2.22 bits per heavy atom. The van der Waals surface area contributed by atoms with Gasteiger partial charge >= 0.3 is 11.9 Å². The van der Waals surface area contributed by atoms with E-state index < -0.39 is 17.4 Å². The van der Waals surface area contributed by atoms with Crippen molar-refractivity contribution in [2.24, 2.45) is 5.41 Å². The number of rotatable bonds is 7. The zero-order chi connectivity index (χ0) is 17.6. The average molecular weight is 322 g/mol. The number of phenols is 1. The maximum atomic E-state index is 12.3. The Hall–Kier alpha value is -2.50. The fourth-order valence-electron chi connectivity index (χ4n) is 2.54. The van der Waals surface area contributed by atoms with Gasteiger partial charge in [0, 0.05) is 6.42 Å². The van der Waals surface area contributed by atoms with Crippen molar-refractivity contribution in [1.82, 2.24) is 0 Å². The number of aryl methyl sites for hydroxylation is 1.